The van der Waals surface area contributed by atoms with E-state index in [1.165, 1.54) is 11.3 Å². The summed E-state index contributed by atoms with van der Waals surface area (Å²) in [6.45, 7) is 3.01. The Labute approximate surface area is 129 Å². The number of amidine groups is 1. The number of nitrogens with two attached hydrogens (primary N) is 1. The summed E-state index contributed by atoms with van der Waals surface area (Å²) in [7, 11) is 0. The van der Waals surface area contributed by atoms with Crippen LogP contribution in [0, 0.1) is 5.41 Å². The molecule has 0 fully saturated rings. The summed E-state index contributed by atoms with van der Waals surface area (Å²) in [4.78, 5) is 2.38. The highest BCUT2D eigenvalue weighted by atomic mass is 35.5. The van der Waals surface area contributed by atoms with E-state index in [2.05, 4.69) is 36.1 Å². The molecule has 4 heteroatoms. The Hall–Kier alpha value is -2.00. The lowest BCUT2D eigenvalue weighted by atomic mass is 10.1. The third-order valence-corrected chi connectivity index (χ3v) is 4.41. The predicted octanol–water partition coefficient (Wildman–Crippen LogP) is 3.58. The van der Waals surface area contributed by atoms with Crippen LogP contribution in [0.15, 0.2) is 42.5 Å². The molecular formula is C17H18ClN3. The summed E-state index contributed by atoms with van der Waals surface area (Å²) in [6.07, 6.45) is 1.07. The number of hydrogen-bond donors (Lipinski definition) is 2. The topological polar surface area (TPSA) is 53.1 Å². The molecule has 108 valence electrons. The number of hydrogen-bond acceptors (Lipinski definition) is 2. The van der Waals surface area contributed by atoms with Crippen molar-refractivity contribution in [1.82, 2.24) is 0 Å². The first-order chi connectivity index (χ1) is 10.1. The van der Waals surface area contributed by atoms with E-state index in [0.29, 0.717) is 16.6 Å². The second-order valence-electron chi connectivity index (χ2n) is 5.53. The fourth-order valence-corrected chi connectivity index (χ4v) is 3.14. The standard InChI is InChI=1S/C17H18ClN3/c1-11-8-12-4-2-3-5-16(12)21(11)10-14-7-6-13(17(19)20)9-15(14)18/h2-7,9,11H,8,10H2,1H3,(H3,19,20). The van der Waals surface area contributed by atoms with E-state index in [1.807, 2.05) is 12.1 Å². The minimum Gasteiger partial charge on any atom is -0.384 e. The Morgan fingerprint density at radius 2 is 2.10 bits per heavy atom. The molecule has 0 saturated carbocycles. The van der Waals surface area contributed by atoms with Crippen molar-refractivity contribution in [2.75, 3.05) is 4.90 Å². The number of halogens is 1. The van der Waals surface area contributed by atoms with Gasteiger partial charge in [0.2, 0.25) is 0 Å². The number of nitrogens with zero attached hydrogens (tertiary/aromatic N) is 1. The van der Waals surface area contributed by atoms with Gasteiger partial charge in [-0.15, -0.1) is 0 Å². The Morgan fingerprint density at radius 3 is 2.81 bits per heavy atom. The van der Waals surface area contributed by atoms with Gasteiger partial charge < -0.3 is 10.6 Å². The number of nitrogen functional groups attached to an aromatic ring is 1. The van der Waals surface area contributed by atoms with Crippen molar-refractivity contribution in [1.29, 1.82) is 5.41 Å². The first-order valence-corrected chi connectivity index (χ1v) is 7.41. The van der Waals surface area contributed by atoms with Crippen LogP contribution in [-0.4, -0.2) is 11.9 Å². The molecule has 1 aliphatic rings. The molecule has 0 aromatic heterocycles. The van der Waals surface area contributed by atoms with Crippen molar-refractivity contribution in [3.8, 4) is 0 Å². The summed E-state index contributed by atoms with van der Waals surface area (Å²) >= 11 is 6.35. The average Bonchev–Trinajstić information content (AvgIpc) is 2.77. The van der Waals surface area contributed by atoms with Crippen LogP contribution in [0.5, 0.6) is 0 Å². The number of anilines is 1. The molecule has 21 heavy (non-hydrogen) atoms. The Bertz CT molecular complexity index is 696. The van der Waals surface area contributed by atoms with E-state index in [4.69, 9.17) is 22.7 Å². The molecule has 3 nitrogen and oxygen atoms in total. The van der Waals surface area contributed by atoms with E-state index in [1.54, 1.807) is 6.07 Å². The molecule has 0 spiro atoms. The molecule has 2 aromatic rings. The number of nitrogens with one attached hydrogen (secondary N) is 1. The first-order valence-electron chi connectivity index (χ1n) is 7.03. The van der Waals surface area contributed by atoms with E-state index < -0.39 is 0 Å². The van der Waals surface area contributed by atoms with E-state index in [0.717, 1.165) is 18.5 Å². The highest BCUT2D eigenvalue weighted by Crippen LogP contribution is 2.34. The molecule has 1 heterocycles. The van der Waals surface area contributed by atoms with Crippen LogP contribution >= 0.6 is 11.6 Å². The van der Waals surface area contributed by atoms with Crippen molar-refractivity contribution < 1.29 is 0 Å². The number of rotatable bonds is 3. The number of benzene rings is 2. The lowest BCUT2D eigenvalue weighted by molar-refractivity contribution is 0.672. The summed E-state index contributed by atoms with van der Waals surface area (Å²) in [5.74, 6) is 0.0448. The SMILES string of the molecule is CC1Cc2ccccc2N1Cc1ccc(C(=N)N)cc1Cl. The maximum atomic E-state index is 7.46. The molecule has 0 bridgehead atoms. The molecule has 0 aliphatic carbocycles. The van der Waals surface area contributed by atoms with Crippen LogP contribution in [-0.2, 0) is 13.0 Å². The zero-order chi connectivity index (χ0) is 15.0. The van der Waals surface area contributed by atoms with Crippen molar-refractivity contribution in [2.45, 2.75) is 25.9 Å². The van der Waals surface area contributed by atoms with Crippen LogP contribution in [0.3, 0.4) is 0 Å². The third kappa shape index (κ3) is 2.61. The van der Waals surface area contributed by atoms with Crippen LogP contribution in [0.1, 0.15) is 23.6 Å². The van der Waals surface area contributed by atoms with E-state index >= 15 is 0 Å². The zero-order valence-corrected chi connectivity index (χ0v) is 12.7. The molecule has 1 atom stereocenters. The number of fused-ring (bicyclic) bond motifs is 1. The molecular weight excluding hydrogens is 282 g/mol. The van der Waals surface area contributed by atoms with Crippen molar-refractivity contribution in [3.63, 3.8) is 0 Å². The van der Waals surface area contributed by atoms with Gasteiger partial charge in [0.25, 0.3) is 0 Å². The highest BCUT2D eigenvalue weighted by molar-refractivity contribution is 6.31. The minimum atomic E-state index is 0.0448. The monoisotopic (exact) mass is 299 g/mol. The van der Waals surface area contributed by atoms with Gasteiger partial charge >= 0.3 is 0 Å². The van der Waals surface area contributed by atoms with Crippen LogP contribution in [0.2, 0.25) is 5.02 Å². The van der Waals surface area contributed by atoms with Gasteiger partial charge in [-0.2, -0.15) is 0 Å². The smallest absolute Gasteiger partial charge is 0.122 e. The Kier molecular flexibility index (Phi) is 3.60. The molecule has 3 N–H and O–H groups in total. The molecule has 0 saturated heterocycles. The van der Waals surface area contributed by atoms with E-state index in [9.17, 15) is 0 Å². The van der Waals surface area contributed by atoms with Gasteiger partial charge in [0, 0.05) is 28.9 Å². The quantitative estimate of drug-likeness (QED) is 0.672. The summed E-state index contributed by atoms with van der Waals surface area (Å²) in [6, 6.07) is 14.6. The van der Waals surface area contributed by atoms with Gasteiger partial charge in [-0.25, -0.2) is 0 Å². The predicted molar refractivity (Wildman–Crippen MR) is 88.3 cm³/mol. The fraction of sp³-hybridized carbons (Fsp3) is 0.235. The average molecular weight is 300 g/mol. The van der Waals surface area contributed by atoms with Crippen molar-refractivity contribution >= 4 is 23.1 Å². The maximum Gasteiger partial charge on any atom is 0.122 e. The first kappa shape index (κ1) is 14.0. The molecule has 1 aliphatic heterocycles. The fourth-order valence-electron chi connectivity index (χ4n) is 2.90. The second kappa shape index (κ2) is 5.41. The van der Waals surface area contributed by atoms with E-state index in [-0.39, 0.29) is 5.84 Å². The van der Waals surface area contributed by atoms with Crippen LogP contribution in [0.4, 0.5) is 5.69 Å². The maximum absolute atomic E-state index is 7.46. The van der Waals surface area contributed by atoms with Gasteiger partial charge in [-0.05, 0) is 36.6 Å². The minimum absolute atomic E-state index is 0.0448. The summed E-state index contributed by atoms with van der Waals surface area (Å²) in [5, 5.41) is 8.13. The molecule has 3 rings (SSSR count). The third-order valence-electron chi connectivity index (χ3n) is 4.05. The second-order valence-corrected chi connectivity index (χ2v) is 5.94. The Morgan fingerprint density at radius 1 is 1.33 bits per heavy atom. The van der Waals surface area contributed by atoms with Gasteiger partial charge in [0.1, 0.15) is 5.84 Å². The molecule has 2 aromatic carbocycles. The van der Waals surface area contributed by atoms with Gasteiger partial charge in [0.15, 0.2) is 0 Å². The summed E-state index contributed by atoms with van der Waals surface area (Å²) in [5.41, 5.74) is 9.90. The van der Waals surface area contributed by atoms with Crippen LogP contribution in [0.25, 0.3) is 0 Å². The highest BCUT2D eigenvalue weighted by Gasteiger charge is 2.25. The Balaban J connectivity index is 1.89. The zero-order valence-electron chi connectivity index (χ0n) is 11.9. The van der Waals surface area contributed by atoms with Crippen molar-refractivity contribution in [2.24, 2.45) is 5.73 Å². The summed E-state index contributed by atoms with van der Waals surface area (Å²) < 4.78 is 0. The van der Waals surface area contributed by atoms with Crippen molar-refractivity contribution in [3.05, 3.63) is 64.2 Å². The molecule has 1 unspecified atom stereocenters. The largest absolute Gasteiger partial charge is 0.384 e. The number of para-hydroxylation sites is 1. The van der Waals surface area contributed by atoms with Crippen LogP contribution < -0.4 is 10.6 Å². The molecule has 0 radical (unpaired) electrons. The van der Waals surface area contributed by atoms with Gasteiger partial charge in [-0.1, -0.05) is 41.9 Å². The molecule has 0 amide bonds. The van der Waals surface area contributed by atoms with Gasteiger partial charge in [-0.3, -0.25) is 5.41 Å². The van der Waals surface area contributed by atoms with Gasteiger partial charge in [0.05, 0.1) is 0 Å². The lowest BCUT2D eigenvalue weighted by Crippen LogP contribution is -2.28. The lowest BCUT2D eigenvalue weighted by Gasteiger charge is -2.25. The normalized spacial score (nSPS) is 16.9.